The second-order valence-electron chi connectivity index (χ2n) is 6.92. The van der Waals surface area contributed by atoms with Crippen molar-refractivity contribution in [3.63, 3.8) is 0 Å². The third-order valence-corrected chi connectivity index (χ3v) is 4.28. The van der Waals surface area contributed by atoms with Crippen LogP contribution in [0.5, 0.6) is 0 Å². The summed E-state index contributed by atoms with van der Waals surface area (Å²) in [4.78, 5) is 2.06. The molecule has 6 aromatic rings. The standard InChI is InChI=1S/C9H12N4.2C6H5N3.2C2H6/c1-12(2)7-13-9-6-4-3-5-8(9)10-11-13;2*1-2-4-6-5(3-1)7-9-8-6;2*1-2/h3-6H,7H2,1-2H3;2*1-4H,(H,7,8,9);2*1-2H3. The van der Waals surface area contributed by atoms with E-state index in [1.165, 1.54) is 0 Å². The van der Waals surface area contributed by atoms with Crippen LogP contribution in [-0.2, 0) is 6.67 Å². The van der Waals surface area contributed by atoms with Crippen molar-refractivity contribution in [2.45, 2.75) is 34.4 Å². The molecule has 35 heavy (non-hydrogen) atoms. The molecule has 0 aliphatic heterocycles. The Bertz CT molecular complexity index is 1240. The minimum Gasteiger partial charge on any atom is -0.291 e. The third kappa shape index (κ3) is 7.97. The highest BCUT2D eigenvalue weighted by molar-refractivity contribution is 5.74. The maximum atomic E-state index is 4.06. The van der Waals surface area contributed by atoms with Crippen LogP contribution in [0.25, 0.3) is 33.1 Å². The highest BCUT2D eigenvalue weighted by Gasteiger charge is 2.02. The Labute approximate surface area is 205 Å². The van der Waals surface area contributed by atoms with Crippen LogP contribution >= 0.6 is 0 Å². The predicted molar refractivity (Wildman–Crippen MR) is 142 cm³/mol. The molecule has 184 valence electrons. The molecule has 0 fully saturated rings. The van der Waals surface area contributed by atoms with E-state index in [1.807, 2.05) is 119 Å². The van der Waals surface area contributed by atoms with Crippen molar-refractivity contribution >= 4 is 33.1 Å². The van der Waals surface area contributed by atoms with Gasteiger partial charge in [-0.25, -0.2) is 4.68 Å². The molecule has 3 aromatic heterocycles. The molecule has 0 spiro atoms. The molecule has 10 heteroatoms. The van der Waals surface area contributed by atoms with Crippen molar-refractivity contribution < 1.29 is 0 Å². The van der Waals surface area contributed by atoms with Gasteiger partial charge in [0.25, 0.3) is 0 Å². The maximum absolute atomic E-state index is 4.06. The number of nitrogens with one attached hydrogen (secondary N) is 2. The molecule has 3 heterocycles. The molecule has 0 atom stereocenters. The first-order chi connectivity index (χ1) is 17.2. The number of rotatable bonds is 2. The summed E-state index contributed by atoms with van der Waals surface area (Å²) in [5.41, 5.74) is 5.69. The Morgan fingerprint density at radius 1 is 0.600 bits per heavy atom. The minimum absolute atomic E-state index is 0.764. The van der Waals surface area contributed by atoms with Gasteiger partial charge >= 0.3 is 0 Å². The van der Waals surface area contributed by atoms with Crippen LogP contribution in [0.2, 0.25) is 0 Å². The van der Waals surface area contributed by atoms with Crippen LogP contribution in [0.1, 0.15) is 27.7 Å². The topological polar surface area (TPSA) is 117 Å². The van der Waals surface area contributed by atoms with Crippen molar-refractivity contribution in [2.75, 3.05) is 14.1 Å². The molecular weight excluding hydrogens is 440 g/mol. The zero-order valence-corrected chi connectivity index (χ0v) is 21.2. The fourth-order valence-electron chi connectivity index (χ4n) is 2.86. The molecule has 3 aromatic carbocycles. The van der Waals surface area contributed by atoms with Gasteiger partial charge in [-0.05, 0) is 50.5 Å². The van der Waals surface area contributed by atoms with Gasteiger partial charge in [0.05, 0.1) is 12.2 Å². The number of fused-ring (bicyclic) bond motifs is 3. The lowest BCUT2D eigenvalue weighted by Crippen LogP contribution is -2.17. The van der Waals surface area contributed by atoms with E-state index in [9.17, 15) is 0 Å². The number of aromatic nitrogens is 9. The van der Waals surface area contributed by atoms with Crippen molar-refractivity contribution in [1.29, 1.82) is 0 Å². The Hall–Kier alpha value is -4.18. The van der Waals surface area contributed by atoms with Crippen molar-refractivity contribution in [3.05, 3.63) is 72.8 Å². The zero-order valence-electron chi connectivity index (χ0n) is 21.2. The van der Waals surface area contributed by atoms with Crippen LogP contribution < -0.4 is 0 Å². The van der Waals surface area contributed by atoms with E-state index in [0.717, 1.165) is 39.8 Å². The van der Waals surface area contributed by atoms with Crippen LogP contribution in [0.15, 0.2) is 72.8 Å². The highest BCUT2D eigenvalue weighted by atomic mass is 15.5. The lowest BCUT2D eigenvalue weighted by atomic mass is 10.3. The summed E-state index contributed by atoms with van der Waals surface area (Å²) in [7, 11) is 4.02. The molecule has 6 rings (SSSR count). The summed E-state index contributed by atoms with van der Waals surface area (Å²) in [6, 6.07) is 23.4. The number of benzene rings is 3. The fraction of sp³-hybridized carbons (Fsp3) is 0.280. The molecule has 0 unspecified atom stereocenters. The Kier molecular flexibility index (Phi) is 11.5. The van der Waals surface area contributed by atoms with Gasteiger partial charge in [0, 0.05) is 0 Å². The van der Waals surface area contributed by atoms with Gasteiger partial charge in [-0.3, -0.25) is 4.90 Å². The zero-order chi connectivity index (χ0) is 25.5. The minimum atomic E-state index is 0.764. The monoisotopic (exact) mass is 474 g/mol. The average molecular weight is 475 g/mol. The van der Waals surface area contributed by atoms with Crippen molar-refractivity contribution in [2.24, 2.45) is 0 Å². The summed E-state index contributed by atoms with van der Waals surface area (Å²) in [5.74, 6) is 0. The van der Waals surface area contributed by atoms with E-state index in [4.69, 9.17) is 0 Å². The molecule has 0 saturated heterocycles. The largest absolute Gasteiger partial charge is 0.291 e. The first kappa shape index (κ1) is 27.1. The fourth-order valence-corrected chi connectivity index (χ4v) is 2.86. The molecule has 0 radical (unpaired) electrons. The lowest BCUT2D eigenvalue weighted by Gasteiger charge is -2.08. The Balaban J connectivity index is 0.000000176. The Morgan fingerprint density at radius 3 is 1.37 bits per heavy atom. The first-order valence-corrected chi connectivity index (χ1v) is 11.6. The van der Waals surface area contributed by atoms with Gasteiger partial charge < -0.3 is 0 Å². The van der Waals surface area contributed by atoms with Crippen molar-refractivity contribution in [1.82, 2.24) is 50.7 Å². The van der Waals surface area contributed by atoms with Crippen LogP contribution in [0.4, 0.5) is 0 Å². The maximum Gasteiger partial charge on any atom is 0.113 e. The highest BCUT2D eigenvalue weighted by Crippen LogP contribution is 2.09. The lowest BCUT2D eigenvalue weighted by molar-refractivity contribution is 0.309. The van der Waals surface area contributed by atoms with Crippen LogP contribution in [-0.4, -0.2) is 64.8 Å². The van der Waals surface area contributed by atoms with Gasteiger partial charge in [-0.1, -0.05) is 69.3 Å². The van der Waals surface area contributed by atoms with Crippen LogP contribution in [0, 0.1) is 0 Å². The van der Waals surface area contributed by atoms with E-state index in [1.54, 1.807) is 0 Å². The van der Waals surface area contributed by atoms with E-state index >= 15 is 0 Å². The van der Waals surface area contributed by atoms with Gasteiger partial charge in [0.1, 0.15) is 27.6 Å². The number of para-hydroxylation sites is 5. The van der Waals surface area contributed by atoms with E-state index in [0.29, 0.717) is 0 Å². The smallest absolute Gasteiger partial charge is 0.113 e. The summed E-state index contributed by atoms with van der Waals surface area (Å²) < 4.78 is 1.88. The van der Waals surface area contributed by atoms with Gasteiger partial charge in [0.15, 0.2) is 0 Å². The second kappa shape index (κ2) is 14.9. The number of hydrogen-bond donors (Lipinski definition) is 2. The second-order valence-corrected chi connectivity index (χ2v) is 6.92. The summed E-state index contributed by atoms with van der Waals surface area (Å²) in [6.45, 7) is 8.76. The molecule has 10 nitrogen and oxygen atoms in total. The molecule has 0 aliphatic carbocycles. The van der Waals surface area contributed by atoms with E-state index < -0.39 is 0 Å². The predicted octanol–water partition coefficient (Wildman–Crippen LogP) is 4.92. The first-order valence-electron chi connectivity index (χ1n) is 11.6. The van der Waals surface area contributed by atoms with E-state index in [-0.39, 0.29) is 0 Å². The number of H-pyrrole nitrogens is 2. The quantitative estimate of drug-likeness (QED) is 0.366. The number of nitrogens with zero attached hydrogens (tertiary/aromatic N) is 8. The SMILES string of the molecule is CC.CC.CN(C)Cn1nnc2ccccc21.c1ccc2n[nH]nc2c1.c1ccc2n[nH]nc2c1. The van der Waals surface area contributed by atoms with Gasteiger partial charge in [-0.2, -0.15) is 30.8 Å². The van der Waals surface area contributed by atoms with Gasteiger partial charge in [-0.15, -0.1) is 5.10 Å². The molecular formula is C25H34N10. The third-order valence-electron chi connectivity index (χ3n) is 4.28. The van der Waals surface area contributed by atoms with Crippen molar-refractivity contribution in [3.8, 4) is 0 Å². The molecule has 0 bridgehead atoms. The molecule has 0 saturated carbocycles. The molecule has 0 amide bonds. The average Bonchev–Trinajstić information content (AvgIpc) is 3.67. The van der Waals surface area contributed by atoms with Gasteiger partial charge in [0.2, 0.25) is 0 Å². The summed E-state index contributed by atoms with van der Waals surface area (Å²) >= 11 is 0. The molecule has 2 N–H and O–H groups in total. The Morgan fingerprint density at radius 2 is 0.971 bits per heavy atom. The number of hydrogen-bond acceptors (Lipinski definition) is 7. The molecule has 0 aliphatic rings. The van der Waals surface area contributed by atoms with E-state index in [2.05, 4.69) is 46.0 Å². The normalized spacial score (nSPS) is 9.80. The number of aromatic amines is 2. The summed E-state index contributed by atoms with van der Waals surface area (Å²) in [5, 5.41) is 28.7. The van der Waals surface area contributed by atoms with Crippen LogP contribution in [0.3, 0.4) is 0 Å². The summed E-state index contributed by atoms with van der Waals surface area (Å²) in [6.07, 6.45) is 0.